The van der Waals surface area contributed by atoms with Crippen LogP contribution in [0.15, 0.2) is 34.2 Å². The molecule has 7 nitrogen and oxygen atoms in total. The van der Waals surface area contributed by atoms with Gasteiger partial charge in [-0.05, 0) is 18.2 Å². The predicted octanol–water partition coefficient (Wildman–Crippen LogP) is -0.0560. The summed E-state index contributed by atoms with van der Waals surface area (Å²) < 4.78 is 31.5. The lowest BCUT2D eigenvalue weighted by Crippen LogP contribution is -2.40. The fraction of sp³-hybridized carbons (Fsp3) is 0.333. The molecule has 8 heteroatoms. The smallest absolute Gasteiger partial charge is 0.258 e. The summed E-state index contributed by atoms with van der Waals surface area (Å²) in [4.78, 5) is 18.2. The maximum Gasteiger partial charge on any atom is 0.258 e. The van der Waals surface area contributed by atoms with Crippen LogP contribution in [0.25, 0.3) is 10.9 Å². The second kappa shape index (κ2) is 4.97. The number of rotatable bonds is 2. The van der Waals surface area contributed by atoms with Crippen molar-refractivity contribution in [3.8, 4) is 0 Å². The van der Waals surface area contributed by atoms with E-state index >= 15 is 0 Å². The highest BCUT2D eigenvalue weighted by Gasteiger charge is 2.26. The summed E-state index contributed by atoms with van der Waals surface area (Å²) in [5, 5.41) is 0.266. The summed E-state index contributed by atoms with van der Waals surface area (Å²) in [5.74, 6) is 0. The van der Waals surface area contributed by atoms with Gasteiger partial charge in [-0.3, -0.25) is 4.79 Å². The van der Waals surface area contributed by atoms with E-state index in [2.05, 4.69) is 9.97 Å². The van der Waals surface area contributed by atoms with Crippen LogP contribution in [-0.4, -0.2) is 49.0 Å². The van der Waals surface area contributed by atoms with Crippen molar-refractivity contribution in [3.63, 3.8) is 0 Å². The van der Waals surface area contributed by atoms with Gasteiger partial charge in [0.05, 0.1) is 35.3 Å². The van der Waals surface area contributed by atoms with Crippen molar-refractivity contribution in [1.82, 2.24) is 14.3 Å². The SMILES string of the molecule is O=c1[nH]cnc2ccc(S(=O)(=O)N3CCOCC3)cc12. The number of sulfonamides is 1. The molecule has 1 aliphatic rings. The number of nitrogens with zero attached hydrogens (tertiary/aromatic N) is 2. The van der Waals surface area contributed by atoms with Crippen LogP contribution in [0.2, 0.25) is 0 Å². The third-order valence-corrected chi connectivity index (χ3v) is 5.11. The molecule has 106 valence electrons. The number of aromatic amines is 1. The lowest BCUT2D eigenvalue weighted by atomic mass is 10.2. The average molecular weight is 295 g/mol. The molecule has 20 heavy (non-hydrogen) atoms. The summed E-state index contributed by atoms with van der Waals surface area (Å²) in [7, 11) is -3.60. The summed E-state index contributed by atoms with van der Waals surface area (Å²) in [6.07, 6.45) is 1.29. The van der Waals surface area contributed by atoms with Gasteiger partial charge in [0, 0.05) is 13.1 Å². The van der Waals surface area contributed by atoms with Gasteiger partial charge >= 0.3 is 0 Å². The minimum Gasteiger partial charge on any atom is -0.379 e. The Morgan fingerprint density at radius 2 is 2.00 bits per heavy atom. The van der Waals surface area contributed by atoms with E-state index in [0.29, 0.717) is 31.8 Å². The summed E-state index contributed by atoms with van der Waals surface area (Å²) in [5.41, 5.74) is 0.115. The number of morpholine rings is 1. The van der Waals surface area contributed by atoms with Gasteiger partial charge in [-0.2, -0.15) is 4.31 Å². The standard InChI is InChI=1S/C12H13N3O4S/c16-12-10-7-9(1-2-11(10)13-8-14-12)20(17,18)15-3-5-19-6-4-15/h1-2,7-8H,3-6H2,(H,13,14,16). The molecule has 1 N–H and O–H groups in total. The van der Waals surface area contributed by atoms with E-state index in [-0.39, 0.29) is 15.8 Å². The molecule has 0 saturated carbocycles. The molecule has 1 fully saturated rings. The van der Waals surface area contributed by atoms with Crippen molar-refractivity contribution in [2.24, 2.45) is 0 Å². The van der Waals surface area contributed by atoms with E-state index in [0.717, 1.165) is 0 Å². The van der Waals surface area contributed by atoms with Gasteiger partial charge in [0.25, 0.3) is 5.56 Å². The number of benzene rings is 1. The molecule has 1 aromatic heterocycles. The number of aromatic nitrogens is 2. The lowest BCUT2D eigenvalue weighted by molar-refractivity contribution is 0.0730. The molecule has 0 atom stereocenters. The first-order valence-corrected chi connectivity index (χ1v) is 7.58. The quantitative estimate of drug-likeness (QED) is 0.838. The maximum atomic E-state index is 12.5. The van der Waals surface area contributed by atoms with Crippen molar-refractivity contribution < 1.29 is 13.2 Å². The first kappa shape index (κ1) is 13.2. The third kappa shape index (κ3) is 2.21. The molecule has 0 bridgehead atoms. The Hall–Kier alpha value is -1.77. The monoisotopic (exact) mass is 295 g/mol. The topological polar surface area (TPSA) is 92.4 Å². The van der Waals surface area contributed by atoms with Gasteiger partial charge in [0.1, 0.15) is 0 Å². The number of ether oxygens (including phenoxy) is 1. The molecular formula is C12H13N3O4S. The average Bonchev–Trinajstić information content (AvgIpc) is 2.48. The van der Waals surface area contributed by atoms with Gasteiger partial charge < -0.3 is 9.72 Å². The Morgan fingerprint density at radius 1 is 1.25 bits per heavy atom. The zero-order valence-corrected chi connectivity index (χ0v) is 11.4. The Kier molecular flexibility index (Phi) is 3.28. The molecule has 0 radical (unpaired) electrons. The molecule has 1 aromatic carbocycles. The Labute approximate surface area is 115 Å². The van der Waals surface area contributed by atoms with E-state index in [1.165, 1.54) is 28.8 Å². The highest BCUT2D eigenvalue weighted by molar-refractivity contribution is 7.89. The summed E-state index contributed by atoms with van der Waals surface area (Å²) in [6, 6.07) is 4.38. The Bertz CT molecular complexity index is 794. The molecule has 3 rings (SSSR count). The van der Waals surface area contributed by atoms with Crippen molar-refractivity contribution in [2.75, 3.05) is 26.3 Å². The predicted molar refractivity (Wildman–Crippen MR) is 71.9 cm³/mol. The fourth-order valence-corrected chi connectivity index (χ4v) is 3.58. The molecule has 0 aliphatic carbocycles. The van der Waals surface area contributed by atoms with Crippen LogP contribution in [0.3, 0.4) is 0 Å². The number of hydrogen-bond acceptors (Lipinski definition) is 5. The van der Waals surface area contributed by atoms with E-state index in [1.54, 1.807) is 0 Å². The Balaban J connectivity index is 2.09. The molecular weight excluding hydrogens is 282 g/mol. The number of hydrogen-bond donors (Lipinski definition) is 1. The minimum atomic E-state index is -3.60. The normalized spacial score (nSPS) is 17.4. The van der Waals surface area contributed by atoms with Crippen LogP contribution in [0.5, 0.6) is 0 Å². The largest absolute Gasteiger partial charge is 0.379 e. The third-order valence-electron chi connectivity index (χ3n) is 3.22. The molecule has 0 unspecified atom stereocenters. The molecule has 0 amide bonds. The zero-order valence-electron chi connectivity index (χ0n) is 10.6. The number of H-pyrrole nitrogens is 1. The molecule has 2 heterocycles. The summed E-state index contributed by atoms with van der Waals surface area (Å²) >= 11 is 0. The van der Waals surface area contributed by atoms with Crippen LogP contribution < -0.4 is 5.56 Å². The van der Waals surface area contributed by atoms with Gasteiger partial charge in [-0.15, -0.1) is 0 Å². The van der Waals surface area contributed by atoms with Crippen LogP contribution >= 0.6 is 0 Å². The highest BCUT2D eigenvalue weighted by Crippen LogP contribution is 2.19. The molecule has 0 spiro atoms. The number of fused-ring (bicyclic) bond motifs is 1. The van der Waals surface area contributed by atoms with Crippen LogP contribution in [-0.2, 0) is 14.8 Å². The second-order valence-electron chi connectivity index (χ2n) is 4.43. The van der Waals surface area contributed by atoms with E-state index in [1.807, 2.05) is 0 Å². The summed E-state index contributed by atoms with van der Waals surface area (Å²) in [6.45, 7) is 1.41. The van der Waals surface area contributed by atoms with E-state index in [4.69, 9.17) is 4.74 Å². The van der Waals surface area contributed by atoms with Crippen LogP contribution in [0.4, 0.5) is 0 Å². The number of nitrogens with one attached hydrogen (secondary N) is 1. The van der Waals surface area contributed by atoms with Gasteiger partial charge in [-0.25, -0.2) is 13.4 Å². The van der Waals surface area contributed by atoms with Crippen molar-refractivity contribution in [2.45, 2.75) is 4.90 Å². The van der Waals surface area contributed by atoms with E-state index in [9.17, 15) is 13.2 Å². The first-order chi connectivity index (χ1) is 9.59. The minimum absolute atomic E-state index is 0.102. The fourth-order valence-electron chi connectivity index (χ4n) is 2.14. The lowest BCUT2D eigenvalue weighted by Gasteiger charge is -2.26. The molecule has 1 aliphatic heterocycles. The van der Waals surface area contributed by atoms with Crippen LogP contribution in [0.1, 0.15) is 0 Å². The Morgan fingerprint density at radius 3 is 2.75 bits per heavy atom. The van der Waals surface area contributed by atoms with Crippen LogP contribution in [0, 0.1) is 0 Å². The van der Waals surface area contributed by atoms with Gasteiger partial charge in [0.15, 0.2) is 0 Å². The van der Waals surface area contributed by atoms with Gasteiger partial charge in [0.2, 0.25) is 10.0 Å². The molecule has 2 aromatic rings. The zero-order chi connectivity index (χ0) is 14.2. The van der Waals surface area contributed by atoms with Gasteiger partial charge in [-0.1, -0.05) is 0 Å². The van der Waals surface area contributed by atoms with Crippen molar-refractivity contribution in [3.05, 3.63) is 34.9 Å². The molecule has 1 saturated heterocycles. The van der Waals surface area contributed by atoms with Crippen molar-refractivity contribution >= 4 is 20.9 Å². The van der Waals surface area contributed by atoms with E-state index < -0.39 is 10.0 Å². The first-order valence-electron chi connectivity index (χ1n) is 6.14. The highest BCUT2D eigenvalue weighted by atomic mass is 32.2. The van der Waals surface area contributed by atoms with Crippen molar-refractivity contribution in [1.29, 1.82) is 0 Å². The second-order valence-corrected chi connectivity index (χ2v) is 6.37. The maximum absolute atomic E-state index is 12.5.